The number of hydrogen-bond donors (Lipinski definition) is 2. The molecule has 3 heterocycles. The molecule has 4 aromatic rings. The zero-order chi connectivity index (χ0) is 19.5. The van der Waals surface area contributed by atoms with E-state index in [9.17, 15) is 4.79 Å². The van der Waals surface area contributed by atoms with Crippen LogP contribution in [-0.4, -0.2) is 21.1 Å². The van der Waals surface area contributed by atoms with Gasteiger partial charge in [0.05, 0.1) is 17.8 Å². The Labute approximate surface area is 166 Å². The SMILES string of the molecule is Cc1cccc(NC(=O)C(C)Sc2nc(-c3ccco3)c(-c3ccco3)[nH]2)c1. The minimum Gasteiger partial charge on any atom is -0.463 e. The number of hydrogen-bond acceptors (Lipinski definition) is 5. The van der Waals surface area contributed by atoms with Crippen molar-refractivity contribution in [3.63, 3.8) is 0 Å². The van der Waals surface area contributed by atoms with Gasteiger partial charge in [-0.2, -0.15) is 0 Å². The fourth-order valence-corrected chi connectivity index (χ4v) is 3.59. The standard InChI is InChI=1S/C21H19N3O3S/c1-13-6-3-7-15(12-13)22-20(25)14(2)28-21-23-18(16-8-4-10-26-16)19(24-21)17-9-5-11-27-17/h3-12,14H,1-2H3,(H,22,25)(H,23,24). The Balaban J connectivity index is 1.54. The Morgan fingerprint density at radius 3 is 2.54 bits per heavy atom. The number of aryl methyl sites for hydroxylation is 1. The van der Waals surface area contributed by atoms with Crippen molar-refractivity contribution in [3.8, 4) is 22.9 Å². The number of imidazole rings is 1. The number of anilines is 1. The molecule has 0 saturated carbocycles. The molecule has 0 saturated heterocycles. The van der Waals surface area contributed by atoms with E-state index in [2.05, 4.69) is 15.3 Å². The van der Waals surface area contributed by atoms with Gasteiger partial charge in [0.25, 0.3) is 0 Å². The van der Waals surface area contributed by atoms with Crippen molar-refractivity contribution in [1.29, 1.82) is 0 Å². The lowest BCUT2D eigenvalue weighted by Gasteiger charge is -2.11. The summed E-state index contributed by atoms with van der Waals surface area (Å²) in [6.07, 6.45) is 3.20. The summed E-state index contributed by atoms with van der Waals surface area (Å²) >= 11 is 1.34. The Morgan fingerprint density at radius 1 is 1.11 bits per heavy atom. The Hall–Kier alpha value is -3.19. The minimum atomic E-state index is -0.347. The van der Waals surface area contributed by atoms with Gasteiger partial charge in [0.2, 0.25) is 5.91 Å². The first-order valence-corrected chi connectivity index (χ1v) is 9.70. The van der Waals surface area contributed by atoms with E-state index < -0.39 is 0 Å². The normalized spacial score (nSPS) is 12.1. The molecule has 6 nitrogen and oxygen atoms in total. The first kappa shape index (κ1) is 18.2. The quantitative estimate of drug-likeness (QED) is 0.431. The van der Waals surface area contributed by atoms with Crippen molar-refractivity contribution in [2.75, 3.05) is 5.32 Å². The first-order valence-electron chi connectivity index (χ1n) is 8.82. The average molecular weight is 393 g/mol. The van der Waals surface area contributed by atoms with Crippen LogP contribution in [-0.2, 0) is 4.79 Å². The number of nitrogens with one attached hydrogen (secondary N) is 2. The van der Waals surface area contributed by atoms with E-state index in [0.717, 1.165) is 11.3 Å². The maximum atomic E-state index is 12.6. The van der Waals surface area contributed by atoms with Crippen LogP contribution in [0.25, 0.3) is 22.9 Å². The molecule has 4 rings (SSSR count). The number of benzene rings is 1. The third kappa shape index (κ3) is 3.89. The highest BCUT2D eigenvalue weighted by atomic mass is 32.2. The van der Waals surface area contributed by atoms with Crippen molar-refractivity contribution < 1.29 is 13.6 Å². The summed E-state index contributed by atoms with van der Waals surface area (Å²) in [6, 6.07) is 15.0. The number of aromatic nitrogens is 2. The lowest BCUT2D eigenvalue weighted by Crippen LogP contribution is -2.22. The molecule has 0 aliphatic rings. The van der Waals surface area contributed by atoms with E-state index in [4.69, 9.17) is 8.83 Å². The van der Waals surface area contributed by atoms with Crippen LogP contribution in [0.5, 0.6) is 0 Å². The third-order valence-electron chi connectivity index (χ3n) is 4.15. The van der Waals surface area contributed by atoms with E-state index in [0.29, 0.717) is 28.1 Å². The van der Waals surface area contributed by atoms with Gasteiger partial charge in [-0.25, -0.2) is 4.98 Å². The van der Waals surface area contributed by atoms with Crippen LogP contribution in [0.15, 0.2) is 75.0 Å². The number of aromatic amines is 1. The zero-order valence-electron chi connectivity index (χ0n) is 15.4. The highest BCUT2D eigenvalue weighted by Gasteiger charge is 2.22. The summed E-state index contributed by atoms with van der Waals surface area (Å²) in [5.74, 6) is 1.19. The van der Waals surface area contributed by atoms with Gasteiger partial charge < -0.3 is 19.1 Å². The lowest BCUT2D eigenvalue weighted by molar-refractivity contribution is -0.115. The van der Waals surface area contributed by atoms with Gasteiger partial charge in [0.1, 0.15) is 11.4 Å². The molecule has 0 aliphatic heterocycles. The smallest absolute Gasteiger partial charge is 0.237 e. The average Bonchev–Trinajstić information content (AvgIpc) is 3.42. The number of nitrogens with zero attached hydrogens (tertiary/aromatic N) is 1. The van der Waals surface area contributed by atoms with Crippen LogP contribution < -0.4 is 5.32 Å². The lowest BCUT2D eigenvalue weighted by atomic mass is 10.2. The zero-order valence-corrected chi connectivity index (χ0v) is 16.2. The molecular weight excluding hydrogens is 374 g/mol. The predicted octanol–water partition coefficient (Wildman–Crippen LogP) is 5.36. The first-order chi connectivity index (χ1) is 13.6. The van der Waals surface area contributed by atoms with Crippen LogP contribution in [0.3, 0.4) is 0 Å². The van der Waals surface area contributed by atoms with Crippen molar-refractivity contribution >= 4 is 23.4 Å². The summed E-state index contributed by atoms with van der Waals surface area (Å²) < 4.78 is 11.0. The highest BCUT2D eigenvalue weighted by molar-refractivity contribution is 8.00. The second-order valence-corrected chi connectivity index (χ2v) is 7.67. The van der Waals surface area contributed by atoms with E-state index in [1.54, 1.807) is 18.6 Å². The number of H-pyrrole nitrogens is 1. The molecule has 0 fully saturated rings. The molecule has 0 radical (unpaired) electrons. The Bertz CT molecular complexity index is 1020. The van der Waals surface area contributed by atoms with E-state index in [-0.39, 0.29) is 11.2 Å². The molecule has 0 bridgehead atoms. The topological polar surface area (TPSA) is 84.1 Å². The summed E-state index contributed by atoms with van der Waals surface area (Å²) in [5, 5.41) is 3.21. The molecule has 3 aromatic heterocycles. The van der Waals surface area contributed by atoms with Crippen LogP contribution in [0, 0.1) is 6.92 Å². The summed E-state index contributed by atoms with van der Waals surface area (Å²) in [7, 11) is 0. The second kappa shape index (κ2) is 7.82. The number of carbonyl (C=O) groups excluding carboxylic acids is 1. The van der Waals surface area contributed by atoms with Gasteiger partial charge in [-0.3, -0.25) is 4.79 Å². The van der Waals surface area contributed by atoms with Crippen molar-refractivity contribution in [3.05, 3.63) is 66.6 Å². The number of furan rings is 2. The number of thioether (sulfide) groups is 1. The third-order valence-corrected chi connectivity index (χ3v) is 5.13. The maximum Gasteiger partial charge on any atom is 0.237 e. The fraction of sp³-hybridized carbons (Fsp3) is 0.143. The second-order valence-electron chi connectivity index (χ2n) is 6.34. The molecular formula is C21H19N3O3S. The molecule has 1 aromatic carbocycles. The van der Waals surface area contributed by atoms with Crippen molar-refractivity contribution in [2.24, 2.45) is 0 Å². The molecule has 1 unspecified atom stereocenters. The number of rotatable bonds is 6. The predicted molar refractivity (Wildman–Crippen MR) is 109 cm³/mol. The van der Waals surface area contributed by atoms with Gasteiger partial charge in [0.15, 0.2) is 16.7 Å². The fourth-order valence-electron chi connectivity index (χ4n) is 2.79. The number of amides is 1. The van der Waals surface area contributed by atoms with Crippen molar-refractivity contribution in [2.45, 2.75) is 24.3 Å². The Morgan fingerprint density at radius 2 is 1.86 bits per heavy atom. The molecule has 0 aliphatic carbocycles. The molecule has 1 atom stereocenters. The Kier molecular flexibility index (Phi) is 5.08. The highest BCUT2D eigenvalue weighted by Crippen LogP contribution is 2.34. The van der Waals surface area contributed by atoms with Crippen LogP contribution in [0.1, 0.15) is 12.5 Å². The maximum absolute atomic E-state index is 12.6. The number of carbonyl (C=O) groups is 1. The summed E-state index contributed by atoms with van der Waals surface area (Å²) in [5.41, 5.74) is 3.24. The molecule has 1 amide bonds. The minimum absolute atomic E-state index is 0.0916. The van der Waals surface area contributed by atoms with E-state index in [1.807, 2.05) is 56.3 Å². The van der Waals surface area contributed by atoms with Gasteiger partial charge in [-0.05, 0) is 55.8 Å². The van der Waals surface area contributed by atoms with Gasteiger partial charge in [-0.1, -0.05) is 23.9 Å². The largest absolute Gasteiger partial charge is 0.463 e. The van der Waals surface area contributed by atoms with Crippen LogP contribution in [0.4, 0.5) is 5.69 Å². The van der Waals surface area contributed by atoms with E-state index >= 15 is 0 Å². The monoisotopic (exact) mass is 393 g/mol. The van der Waals surface area contributed by atoms with Gasteiger partial charge in [0, 0.05) is 5.69 Å². The van der Waals surface area contributed by atoms with Crippen molar-refractivity contribution in [1.82, 2.24) is 9.97 Å². The summed E-state index contributed by atoms with van der Waals surface area (Å²) in [4.78, 5) is 20.4. The van der Waals surface area contributed by atoms with Gasteiger partial charge >= 0.3 is 0 Å². The molecule has 142 valence electrons. The summed E-state index contributed by atoms with van der Waals surface area (Å²) in [6.45, 7) is 3.83. The van der Waals surface area contributed by atoms with Crippen LogP contribution in [0.2, 0.25) is 0 Å². The molecule has 28 heavy (non-hydrogen) atoms. The van der Waals surface area contributed by atoms with E-state index in [1.165, 1.54) is 11.8 Å². The van der Waals surface area contributed by atoms with Crippen LogP contribution >= 0.6 is 11.8 Å². The van der Waals surface area contributed by atoms with Gasteiger partial charge in [-0.15, -0.1) is 0 Å². The molecule has 0 spiro atoms. The molecule has 2 N–H and O–H groups in total. The molecule has 7 heteroatoms.